The van der Waals surface area contributed by atoms with Crippen LogP contribution in [-0.2, 0) is 0 Å². The van der Waals surface area contributed by atoms with Gasteiger partial charge in [-0.05, 0) is 171 Å². The maximum Gasteiger partial charge on any atom is 0.227 e. The molecule has 8 aromatic heterocycles. The predicted octanol–water partition coefficient (Wildman–Crippen LogP) is 30.6. The molecule has 18 aromatic carbocycles. The van der Waals surface area contributed by atoms with Crippen molar-refractivity contribution in [3.63, 3.8) is 0 Å². The molecular formula is C110H66N6O5S. The molecule has 0 bridgehead atoms. The molecule has 0 unspecified atom stereocenters. The zero-order valence-electron chi connectivity index (χ0n) is 65.2. The van der Waals surface area contributed by atoms with Gasteiger partial charge in [0.2, 0.25) is 23.6 Å². The number of furan rings is 1. The third-order valence-corrected chi connectivity index (χ3v) is 24.1. The summed E-state index contributed by atoms with van der Waals surface area (Å²) in [5.41, 5.74) is 22.2. The van der Waals surface area contributed by atoms with E-state index in [4.69, 9.17) is 47.0 Å². The minimum absolute atomic E-state index is 0.637. The van der Waals surface area contributed by atoms with Crippen molar-refractivity contribution < 1.29 is 22.1 Å². The minimum Gasteiger partial charge on any atom is -0.455 e. The van der Waals surface area contributed by atoms with Gasteiger partial charge >= 0.3 is 0 Å². The number of thiophene rings is 1. The van der Waals surface area contributed by atoms with Crippen LogP contribution in [0.4, 0.5) is 0 Å². The third-order valence-electron chi connectivity index (χ3n) is 22.9. The Hall–Kier alpha value is -16.3. The lowest BCUT2D eigenvalue weighted by atomic mass is 9.99. The van der Waals surface area contributed by atoms with Gasteiger partial charge in [-0.3, -0.25) is 4.98 Å². The molecule has 122 heavy (non-hydrogen) atoms. The van der Waals surface area contributed by atoms with Crippen LogP contribution in [0.15, 0.2) is 423 Å². The van der Waals surface area contributed by atoms with E-state index in [0.717, 1.165) is 182 Å². The number of oxazole rings is 4. The van der Waals surface area contributed by atoms with Gasteiger partial charge in [-0.25, -0.2) is 24.9 Å². The molecule has 0 atom stereocenters. The summed E-state index contributed by atoms with van der Waals surface area (Å²) < 4.78 is 33.2. The molecular weight excluding hydrogens is 1520 g/mol. The second-order valence-corrected chi connectivity index (χ2v) is 31.3. The Labute approximate surface area is 701 Å². The molecule has 26 rings (SSSR count). The maximum absolute atomic E-state index is 6.27. The van der Waals surface area contributed by atoms with Crippen molar-refractivity contribution in [3.8, 4) is 90.6 Å². The van der Waals surface area contributed by atoms with Crippen LogP contribution in [0.5, 0.6) is 0 Å². The number of hydrogen-bond donors (Lipinski definition) is 0. The fraction of sp³-hybridized carbons (Fsp3) is 0. The normalized spacial score (nSPS) is 11.6. The molecule has 8 heterocycles. The average Bonchev–Trinajstić information content (AvgIpc) is 0.918. The molecule has 0 aliphatic rings. The third kappa shape index (κ3) is 12.9. The highest BCUT2D eigenvalue weighted by atomic mass is 32.1. The Morgan fingerprint density at radius 1 is 0.213 bits per heavy atom. The summed E-state index contributed by atoms with van der Waals surface area (Å²) in [5.74, 6) is 2.58. The van der Waals surface area contributed by atoms with Gasteiger partial charge in [0, 0.05) is 108 Å². The van der Waals surface area contributed by atoms with Crippen LogP contribution >= 0.6 is 11.3 Å². The SMILES string of the molecule is c1ccc(-c2nc3c(ccc4ccc(-c5ccc6ccccc6n5)cc43)o2)cc1.c1ccc(-c2nc3c(ccc4ccc(-c5cccc6c5oc5ccccc56)cc43)o2)cc1.c1ccc(-c2nc3c(ccc4ccc(-c5cccc6c5sc5ccccc56)cc43)o2)cc1.c1ccc(-c2nc3c(ccc4ccc(-c5nccc6ccccc56)cc43)o2)cc1. The van der Waals surface area contributed by atoms with Gasteiger partial charge in [0.1, 0.15) is 33.2 Å². The van der Waals surface area contributed by atoms with Crippen molar-refractivity contribution in [3.05, 3.63) is 401 Å². The van der Waals surface area contributed by atoms with E-state index in [9.17, 15) is 0 Å². The van der Waals surface area contributed by atoms with E-state index in [1.54, 1.807) is 0 Å². The van der Waals surface area contributed by atoms with Crippen molar-refractivity contribution in [2.45, 2.75) is 0 Å². The molecule has 0 aliphatic carbocycles. The van der Waals surface area contributed by atoms with E-state index in [1.807, 2.05) is 206 Å². The zero-order chi connectivity index (χ0) is 80.6. The number of rotatable bonds is 8. The van der Waals surface area contributed by atoms with Crippen molar-refractivity contribution in [1.29, 1.82) is 0 Å². The highest BCUT2D eigenvalue weighted by molar-refractivity contribution is 7.26. The molecule has 0 aliphatic heterocycles. The largest absolute Gasteiger partial charge is 0.455 e. The summed E-state index contributed by atoms with van der Waals surface area (Å²) in [4.78, 5) is 28.9. The first-order valence-electron chi connectivity index (χ1n) is 40.5. The molecule has 12 heteroatoms. The molecule has 0 amide bonds. The standard InChI is InChI=1S/C29H17NO2.C29H17NOS.2C26H16N2O/c1-2-7-19(8-3-1)29-30-27-24-17-20(14-13-18(24)15-16-26(27)32-29)21-10-6-11-23-22-9-4-5-12-25(22)31-28(21)23;1-2-7-19(8-3-1)29-30-27-24-17-20(14-13-18(24)15-16-25(27)31-29)21-10-6-11-23-22-9-4-5-12-26(22)32-28(21)23;1-2-7-19(8-3-1)26-28-25-21-16-20(11-10-17(21)13-15-24(25)29-26)23-14-12-18-6-4-5-9-22(18)27-23;1-2-7-19(8-3-1)26-28-25-22-16-20(11-10-18(22)12-13-23(25)29-26)24-21-9-5-4-6-17(21)14-15-27-24/h2*1-17H;2*1-16H. The fourth-order valence-corrected chi connectivity index (χ4v) is 18.1. The highest BCUT2D eigenvalue weighted by Crippen LogP contribution is 2.44. The maximum atomic E-state index is 6.27. The van der Waals surface area contributed by atoms with Crippen LogP contribution in [0, 0.1) is 0 Å². The average molecular weight is 1580 g/mol. The summed E-state index contributed by atoms with van der Waals surface area (Å²) in [6.45, 7) is 0. The lowest BCUT2D eigenvalue weighted by Crippen LogP contribution is -1.86. The minimum atomic E-state index is 0.637. The first-order chi connectivity index (χ1) is 60.4. The van der Waals surface area contributed by atoms with Crippen molar-refractivity contribution in [2.75, 3.05) is 0 Å². The lowest BCUT2D eigenvalue weighted by Gasteiger charge is -2.07. The van der Waals surface area contributed by atoms with E-state index in [-0.39, 0.29) is 0 Å². The van der Waals surface area contributed by atoms with Crippen LogP contribution in [-0.4, -0.2) is 29.9 Å². The van der Waals surface area contributed by atoms with Crippen molar-refractivity contribution in [1.82, 2.24) is 29.9 Å². The Bertz CT molecular complexity index is 8270. The molecule has 0 fully saturated rings. The first-order valence-corrected chi connectivity index (χ1v) is 41.3. The number of nitrogens with zero attached hydrogens (tertiary/aromatic N) is 6. The predicted molar refractivity (Wildman–Crippen MR) is 500 cm³/mol. The number of hydrogen-bond acceptors (Lipinski definition) is 12. The van der Waals surface area contributed by atoms with E-state index in [2.05, 4.69) is 211 Å². The highest BCUT2D eigenvalue weighted by Gasteiger charge is 2.21. The second-order valence-electron chi connectivity index (χ2n) is 30.3. The van der Waals surface area contributed by atoms with Crippen LogP contribution in [0.25, 0.3) is 242 Å². The van der Waals surface area contributed by atoms with Gasteiger partial charge < -0.3 is 22.1 Å². The van der Waals surface area contributed by atoms with E-state index < -0.39 is 0 Å². The smallest absolute Gasteiger partial charge is 0.227 e. The Balaban J connectivity index is 0.0000000945. The first kappa shape index (κ1) is 71.1. The number of pyridine rings is 2. The number of fused-ring (bicyclic) bond motifs is 20. The summed E-state index contributed by atoms with van der Waals surface area (Å²) >= 11 is 1.86. The van der Waals surface area contributed by atoms with Crippen LogP contribution < -0.4 is 0 Å². The van der Waals surface area contributed by atoms with Gasteiger partial charge in [-0.1, -0.05) is 267 Å². The Kier molecular flexibility index (Phi) is 17.5. The molecule has 0 saturated heterocycles. The van der Waals surface area contributed by atoms with E-state index >= 15 is 0 Å². The molecule has 0 N–H and O–H groups in total. The van der Waals surface area contributed by atoms with Crippen LogP contribution in [0.1, 0.15) is 0 Å². The zero-order valence-corrected chi connectivity index (χ0v) is 66.1. The van der Waals surface area contributed by atoms with Crippen LogP contribution in [0.2, 0.25) is 0 Å². The molecule has 0 saturated carbocycles. The second kappa shape index (κ2) is 30.0. The molecule has 0 spiro atoms. The Morgan fingerprint density at radius 3 is 1.14 bits per heavy atom. The van der Waals surface area contributed by atoms with Gasteiger partial charge in [-0.2, -0.15) is 0 Å². The number of benzene rings is 18. The van der Waals surface area contributed by atoms with Gasteiger partial charge in [0.05, 0.1) is 16.9 Å². The Morgan fingerprint density at radius 2 is 0.598 bits per heavy atom. The molecule has 0 radical (unpaired) electrons. The topological polar surface area (TPSA) is 143 Å². The summed E-state index contributed by atoms with van der Waals surface area (Å²) in [7, 11) is 0. The van der Waals surface area contributed by atoms with Crippen molar-refractivity contribution >= 4 is 163 Å². The van der Waals surface area contributed by atoms with Gasteiger partial charge in [0.25, 0.3) is 0 Å². The van der Waals surface area contributed by atoms with Gasteiger partial charge in [-0.15, -0.1) is 11.3 Å². The lowest BCUT2D eigenvalue weighted by molar-refractivity contribution is 0.619. The monoisotopic (exact) mass is 1580 g/mol. The molecule has 26 aromatic rings. The van der Waals surface area contributed by atoms with E-state index in [0.29, 0.717) is 23.6 Å². The number of aromatic nitrogens is 6. The summed E-state index contributed by atoms with van der Waals surface area (Å²) in [6, 6.07) is 135. The number of para-hydroxylation sites is 3. The van der Waals surface area contributed by atoms with E-state index in [1.165, 1.54) is 36.7 Å². The molecule has 572 valence electrons. The van der Waals surface area contributed by atoms with Gasteiger partial charge in [0.15, 0.2) is 22.3 Å². The fourth-order valence-electron chi connectivity index (χ4n) is 16.8. The summed E-state index contributed by atoms with van der Waals surface area (Å²) in [5, 5.41) is 17.3. The van der Waals surface area contributed by atoms with Crippen molar-refractivity contribution in [2.24, 2.45) is 0 Å². The quantitative estimate of drug-likeness (QED) is 0.143. The van der Waals surface area contributed by atoms with Crippen LogP contribution in [0.3, 0.4) is 0 Å². The summed E-state index contributed by atoms with van der Waals surface area (Å²) in [6.07, 6.45) is 1.87. The molecule has 11 nitrogen and oxygen atoms in total.